The molecule has 2 atom stereocenters. The Morgan fingerprint density at radius 1 is 0.694 bits per heavy atom. The third kappa shape index (κ3) is 17.5. The molecule has 0 radical (unpaired) electrons. The minimum absolute atomic E-state index is 0. The first kappa shape index (κ1) is 39.6. The summed E-state index contributed by atoms with van der Waals surface area (Å²) in [6, 6.07) is 0. The molecule has 2 rings (SSSR count). The van der Waals surface area contributed by atoms with Crippen LogP contribution in [-0.2, 0) is 49.0 Å². The number of imide groups is 2. The Labute approximate surface area is 250 Å². The van der Waals surface area contributed by atoms with Crippen LogP contribution in [0.3, 0.4) is 0 Å². The van der Waals surface area contributed by atoms with Gasteiger partial charge in [0.15, 0.2) is 10.5 Å². The van der Waals surface area contributed by atoms with Crippen molar-refractivity contribution in [3.63, 3.8) is 0 Å². The maximum absolute atomic E-state index is 10.6. The molecule has 2 aliphatic rings. The van der Waals surface area contributed by atoms with E-state index in [1.54, 1.807) is 10.6 Å². The van der Waals surface area contributed by atoms with Crippen LogP contribution in [0.25, 0.3) is 0 Å². The number of amides is 4. The molecule has 0 spiro atoms. The fraction of sp³-hybridized carbons (Fsp3) is 0.625. The maximum Gasteiger partial charge on any atom is 1.00 e. The number of nitrogens with one attached hydrogen (secondary N) is 2. The Morgan fingerprint density at radius 2 is 0.972 bits per heavy atom. The smallest absolute Gasteiger partial charge is 0.550 e. The Morgan fingerprint density at radius 3 is 1.11 bits per heavy atom. The Hall–Kier alpha value is -0.960. The normalized spacial score (nSPS) is 18.7. The van der Waals surface area contributed by atoms with Gasteiger partial charge in [-0.05, 0) is 25.7 Å². The molecule has 20 heteroatoms. The molecule has 36 heavy (non-hydrogen) atoms. The predicted molar refractivity (Wildman–Crippen MR) is 104 cm³/mol. The molecule has 4 amide bonds. The summed E-state index contributed by atoms with van der Waals surface area (Å²) in [5, 5.41) is 20.1. The van der Waals surface area contributed by atoms with Crippen molar-refractivity contribution in [3.05, 3.63) is 0 Å². The van der Waals surface area contributed by atoms with Crippen LogP contribution < -0.4 is 80.0 Å². The fourth-order valence-electron chi connectivity index (χ4n) is 2.43. The minimum Gasteiger partial charge on any atom is -0.550 e. The van der Waals surface area contributed by atoms with Crippen molar-refractivity contribution in [1.29, 1.82) is 0 Å². The van der Waals surface area contributed by atoms with Gasteiger partial charge >= 0.3 is 59.1 Å². The molecular weight excluding hydrogens is 554 g/mol. The molecule has 0 aromatic rings. The molecule has 2 aliphatic heterocycles. The molecule has 0 aromatic carbocycles. The number of carboxylic acids is 2. The summed E-state index contributed by atoms with van der Waals surface area (Å²) in [6.07, 6.45) is 1.75. The summed E-state index contributed by atoms with van der Waals surface area (Å²) >= 11 is 0. The third-order valence-corrected chi connectivity index (χ3v) is 6.28. The summed E-state index contributed by atoms with van der Waals surface area (Å²) in [4.78, 5) is 61.8. The number of hydrogen-bond acceptors (Lipinski definition) is 12. The topological polar surface area (TPSA) is 281 Å². The van der Waals surface area contributed by atoms with Crippen molar-refractivity contribution in [1.82, 2.24) is 10.6 Å². The van der Waals surface area contributed by atoms with Crippen LogP contribution in [0.4, 0.5) is 0 Å². The third-order valence-electron chi connectivity index (χ3n) is 4.08. The van der Waals surface area contributed by atoms with Gasteiger partial charge in [0, 0.05) is 11.9 Å². The molecule has 0 aromatic heterocycles. The summed E-state index contributed by atoms with van der Waals surface area (Å²) in [7, 11) is -8.84. The van der Waals surface area contributed by atoms with Crippen molar-refractivity contribution in [2.24, 2.45) is 0 Å². The van der Waals surface area contributed by atoms with Crippen molar-refractivity contribution in [3.8, 4) is 0 Å². The molecule has 2 fully saturated rings. The van der Waals surface area contributed by atoms with Gasteiger partial charge in [0.05, 0.1) is 12.8 Å². The van der Waals surface area contributed by atoms with Crippen molar-refractivity contribution < 1.29 is 124 Å². The van der Waals surface area contributed by atoms with Gasteiger partial charge in [0.2, 0.25) is 23.6 Å². The molecule has 2 saturated heterocycles. The van der Waals surface area contributed by atoms with Gasteiger partial charge in [0.25, 0.3) is 20.2 Å². The Balaban J connectivity index is -0.000000442. The van der Waals surface area contributed by atoms with Gasteiger partial charge in [-0.25, -0.2) is 0 Å². The van der Waals surface area contributed by atoms with E-state index >= 15 is 0 Å². The number of unbranched alkanes of at least 4 members (excludes halogenated alkanes) is 3. The average Bonchev–Trinajstić information content (AvgIpc) is 3.18. The van der Waals surface area contributed by atoms with Crippen molar-refractivity contribution in [2.75, 3.05) is 0 Å². The van der Waals surface area contributed by atoms with E-state index in [-0.39, 0.29) is 72.0 Å². The van der Waals surface area contributed by atoms with Crippen LogP contribution in [0.1, 0.15) is 51.4 Å². The van der Waals surface area contributed by atoms with E-state index in [0.29, 0.717) is 12.8 Å². The van der Waals surface area contributed by atoms with E-state index in [0.717, 1.165) is 12.8 Å². The van der Waals surface area contributed by atoms with Crippen LogP contribution in [0.15, 0.2) is 0 Å². The molecule has 2 heterocycles. The quantitative estimate of drug-likeness (QED) is 0.0858. The Kier molecular flexibility index (Phi) is 20.1. The summed E-state index contributed by atoms with van der Waals surface area (Å²) in [5.41, 5.74) is 0. The molecule has 4 N–H and O–H groups in total. The van der Waals surface area contributed by atoms with Crippen LogP contribution in [0.5, 0.6) is 0 Å². The second-order valence-electron chi connectivity index (χ2n) is 6.90. The molecular formula is C16H22N2Na2O14S2. The van der Waals surface area contributed by atoms with E-state index < -0.39 is 79.1 Å². The van der Waals surface area contributed by atoms with E-state index in [1.165, 1.54) is 0 Å². The number of carbonyl (C=O) groups is 6. The molecule has 194 valence electrons. The zero-order valence-corrected chi connectivity index (χ0v) is 25.1. The summed E-state index contributed by atoms with van der Waals surface area (Å²) in [5.74, 6) is -5.38. The zero-order valence-electron chi connectivity index (χ0n) is 19.4. The number of carboxylic acid groups (broad SMARTS) is 2. The van der Waals surface area contributed by atoms with Crippen LogP contribution in [0.2, 0.25) is 0 Å². The summed E-state index contributed by atoms with van der Waals surface area (Å²) in [6.45, 7) is 0. The second kappa shape index (κ2) is 18.3. The van der Waals surface area contributed by atoms with E-state index in [1.807, 2.05) is 0 Å². The first-order chi connectivity index (χ1) is 15.4. The molecule has 0 bridgehead atoms. The van der Waals surface area contributed by atoms with Crippen LogP contribution >= 0.6 is 0 Å². The first-order valence-electron chi connectivity index (χ1n) is 9.44. The number of rotatable bonds is 9. The van der Waals surface area contributed by atoms with Gasteiger partial charge in [-0.3, -0.25) is 38.9 Å². The van der Waals surface area contributed by atoms with E-state index in [9.17, 15) is 55.8 Å². The van der Waals surface area contributed by atoms with E-state index in [2.05, 4.69) is 0 Å². The SMILES string of the molecule is O=C([O-])CCCCCCC(=O)[O-].O=C1CC(S(=O)(=O)O)C(=O)N1.O=C1CC(S(=O)(=O)O)C(=O)N1.[Na+].[Na+]. The minimum atomic E-state index is -4.42. The van der Waals surface area contributed by atoms with Gasteiger partial charge in [-0.1, -0.05) is 12.8 Å². The fourth-order valence-corrected chi connectivity index (χ4v) is 3.82. The zero-order chi connectivity index (χ0) is 26.7. The van der Waals surface area contributed by atoms with Crippen LogP contribution in [-0.4, -0.2) is 72.0 Å². The standard InChI is InChI=1S/C8H14O4.2C4H5NO5S.2Na/c9-7(10)5-3-1-2-4-6-8(11)12;2*6-3-1-2(4(7)5-3)11(8,9)10;;/h1-6H2,(H,9,10)(H,11,12);2*2H,1H2,(H,5,6,7)(H,8,9,10);;/q;;;2*+1/p-2. The molecule has 0 aliphatic carbocycles. The largest absolute Gasteiger partial charge is 1.00 e. The number of aliphatic carboxylic acids is 2. The summed E-state index contributed by atoms with van der Waals surface area (Å²) < 4.78 is 58.1. The molecule has 16 nitrogen and oxygen atoms in total. The maximum atomic E-state index is 10.6. The molecule has 2 unspecified atom stereocenters. The number of carbonyl (C=O) groups excluding carboxylic acids is 6. The van der Waals surface area contributed by atoms with Crippen molar-refractivity contribution >= 4 is 55.8 Å². The van der Waals surface area contributed by atoms with Crippen LogP contribution in [0, 0.1) is 0 Å². The monoisotopic (exact) mass is 576 g/mol. The number of hydrogen-bond donors (Lipinski definition) is 4. The second-order valence-corrected chi connectivity index (χ2v) is 10.1. The molecule has 0 saturated carbocycles. The average molecular weight is 576 g/mol. The van der Waals surface area contributed by atoms with Gasteiger partial charge < -0.3 is 19.8 Å². The first-order valence-corrected chi connectivity index (χ1v) is 12.5. The van der Waals surface area contributed by atoms with Crippen molar-refractivity contribution in [2.45, 2.75) is 61.9 Å². The van der Waals surface area contributed by atoms with Gasteiger partial charge in [-0.15, -0.1) is 0 Å². The van der Waals surface area contributed by atoms with E-state index in [4.69, 9.17) is 9.11 Å². The Bertz CT molecular complexity index is 947. The van der Waals surface area contributed by atoms with Gasteiger partial charge in [0.1, 0.15) is 0 Å². The van der Waals surface area contributed by atoms with Gasteiger partial charge in [-0.2, -0.15) is 16.8 Å². The predicted octanol–water partition coefficient (Wildman–Crippen LogP) is -10.6.